The maximum absolute atomic E-state index is 13.7. The first-order valence-corrected chi connectivity index (χ1v) is 24.9. The molecule has 9 heteroatoms. The van der Waals surface area contributed by atoms with Gasteiger partial charge in [-0.1, -0.05) is 226 Å². The Morgan fingerprint density at radius 2 is 0.710 bits per heavy atom. The molecular weight excluding hydrogens is 946 g/mol. The molecule has 8 aromatic rings. The number of hydrogen-bond donors (Lipinski definition) is 1. The fourth-order valence-corrected chi connectivity index (χ4v) is 10.5. The van der Waals surface area contributed by atoms with E-state index in [9.17, 15) is 9.50 Å². The molecule has 0 heterocycles. The van der Waals surface area contributed by atoms with Gasteiger partial charge in [0.05, 0.1) is 25.6 Å². The van der Waals surface area contributed by atoms with Crippen molar-refractivity contribution in [2.45, 2.75) is 85.6 Å². The van der Waals surface area contributed by atoms with Crippen LogP contribution in [0.5, 0.6) is 5.75 Å². The third-order valence-corrected chi connectivity index (χ3v) is 13.8. The standard InChI is InChI=1S/C28H25ClOS.C25H18ClFS.C4H9O.C3H8O.Na/c1-21(2)30-25-18-19-27(26(29)20-25)31-28(22-12-6-3-7-13-22,23-14-8-4-9-15-23)24-16-10-5-11-17-24;26-23-18-22(27)16-17-24(23)28-25(19-10-4-1-5-11-19,20-12-6-2-7-13-20)21-14-8-3-9-15-21;1-4(2,3)5;1-3(2)4;/h3-21H,1-2H3;1-18H;1-3H3;3-4H,1-2H3;/q;;-1;;+1. The van der Waals surface area contributed by atoms with Crippen LogP contribution in [0.25, 0.3) is 0 Å². The Morgan fingerprint density at radius 3 is 0.942 bits per heavy atom. The van der Waals surface area contributed by atoms with Crippen molar-refractivity contribution in [3.8, 4) is 5.75 Å². The molecule has 0 fully saturated rings. The topological polar surface area (TPSA) is 52.5 Å². The van der Waals surface area contributed by atoms with E-state index in [2.05, 4.69) is 133 Å². The van der Waals surface area contributed by atoms with E-state index < -0.39 is 15.1 Å². The van der Waals surface area contributed by atoms with E-state index in [4.69, 9.17) is 33.0 Å². The summed E-state index contributed by atoms with van der Waals surface area (Å²) in [6, 6.07) is 73.5. The quantitative estimate of drug-likeness (QED) is 0.0751. The molecule has 0 saturated heterocycles. The van der Waals surface area contributed by atoms with Gasteiger partial charge in [0.15, 0.2) is 0 Å². The maximum atomic E-state index is 13.7. The van der Waals surface area contributed by atoms with Gasteiger partial charge in [-0.15, -0.1) is 29.1 Å². The van der Waals surface area contributed by atoms with Crippen molar-refractivity contribution in [2.75, 3.05) is 0 Å². The fourth-order valence-electron chi connectivity index (χ4n) is 7.19. The average Bonchev–Trinajstić information content (AvgIpc) is 3.32. The van der Waals surface area contributed by atoms with Crippen LogP contribution >= 0.6 is 46.7 Å². The van der Waals surface area contributed by atoms with E-state index in [0.717, 1.165) is 32.2 Å². The van der Waals surface area contributed by atoms with Crippen molar-refractivity contribution in [1.29, 1.82) is 0 Å². The van der Waals surface area contributed by atoms with Gasteiger partial charge in [0.25, 0.3) is 0 Å². The van der Waals surface area contributed by atoms with Gasteiger partial charge >= 0.3 is 29.6 Å². The molecule has 0 aromatic heterocycles. The van der Waals surface area contributed by atoms with E-state index in [1.807, 2.05) is 80.6 Å². The first-order chi connectivity index (χ1) is 32.5. The normalized spacial score (nSPS) is 11.2. The fraction of sp³-hybridized carbons (Fsp3) is 0.200. The first kappa shape index (κ1) is 57.3. The molecule has 8 rings (SSSR count). The monoisotopic (exact) mass is 1000 g/mol. The van der Waals surface area contributed by atoms with E-state index in [-0.39, 0.29) is 47.6 Å². The Balaban J connectivity index is 0.000000253. The van der Waals surface area contributed by atoms with Gasteiger partial charge in [-0.3, -0.25) is 0 Å². The molecule has 0 bridgehead atoms. The third kappa shape index (κ3) is 16.9. The summed E-state index contributed by atoms with van der Waals surface area (Å²) in [5, 5.41) is 19.3. The van der Waals surface area contributed by atoms with Crippen molar-refractivity contribution in [3.05, 3.63) is 268 Å². The molecule has 0 unspecified atom stereocenters. The molecule has 0 atom stereocenters. The molecule has 0 saturated carbocycles. The summed E-state index contributed by atoms with van der Waals surface area (Å²) in [7, 11) is 0. The molecule has 352 valence electrons. The summed E-state index contributed by atoms with van der Waals surface area (Å²) in [5.41, 5.74) is 6.27. The molecule has 0 spiro atoms. The second-order valence-electron chi connectivity index (χ2n) is 17.3. The molecule has 69 heavy (non-hydrogen) atoms. The zero-order chi connectivity index (χ0) is 49.2. The van der Waals surface area contributed by atoms with Crippen molar-refractivity contribution < 1.29 is 48.9 Å². The Labute approximate surface area is 450 Å². The number of rotatable bonds is 12. The van der Waals surface area contributed by atoms with Gasteiger partial charge in [-0.2, -0.15) is 0 Å². The second kappa shape index (κ2) is 27.9. The minimum Gasteiger partial charge on any atom is -0.850 e. The van der Waals surface area contributed by atoms with Crippen molar-refractivity contribution in [3.63, 3.8) is 0 Å². The molecule has 0 aliphatic rings. The first-order valence-electron chi connectivity index (χ1n) is 22.5. The number of ether oxygens (including phenoxy) is 1. The third-order valence-electron chi connectivity index (χ3n) is 9.78. The van der Waals surface area contributed by atoms with E-state index >= 15 is 0 Å². The van der Waals surface area contributed by atoms with Crippen LogP contribution in [0.3, 0.4) is 0 Å². The van der Waals surface area contributed by atoms with Gasteiger partial charge in [0, 0.05) is 15.9 Å². The molecular formula is C60H60Cl2FNaO3S2. The van der Waals surface area contributed by atoms with Crippen LogP contribution in [0.1, 0.15) is 81.8 Å². The van der Waals surface area contributed by atoms with Crippen molar-refractivity contribution >= 4 is 46.7 Å². The predicted molar refractivity (Wildman–Crippen MR) is 286 cm³/mol. The number of hydrogen-bond acceptors (Lipinski definition) is 5. The van der Waals surface area contributed by atoms with E-state index in [0.29, 0.717) is 10.0 Å². The summed E-state index contributed by atoms with van der Waals surface area (Å²) >= 11 is 16.6. The van der Waals surface area contributed by atoms with Crippen molar-refractivity contribution in [2.24, 2.45) is 0 Å². The van der Waals surface area contributed by atoms with Gasteiger partial charge in [0.2, 0.25) is 0 Å². The zero-order valence-electron chi connectivity index (χ0n) is 40.7. The van der Waals surface area contributed by atoms with Crippen LogP contribution in [-0.4, -0.2) is 22.9 Å². The Hall–Kier alpha value is -4.31. The van der Waals surface area contributed by atoms with Crippen LogP contribution in [0.2, 0.25) is 10.0 Å². The number of halogens is 3. The molecule has 0 amide bonds. The smallest absolute Gasteiger partial charge is 0.850 e. The molecule has 0 aliphatic heterocycles. The maximum Gasteiger partial charge on any atom is 1.00 e. The summed E-state index contributed by atoms with van der Waals surface area (Å²) in [5.74, 6) is 0.452. The Morgan fingerprint density at radius 1 is 0.464 bits per heavy atom. The van der Waals surface area contributed by atoms with Crippen molar-refractivity contribution in [1.82, 2.24) is 0 Å². The van der Waals surface area contributed by atoms with Gasteiger partial charge in [-0.25, -0.2) is 4.39 Å². The van der Waals surface area contributed by atoms with E-state index in [1.165, 1.54) is 28.8 Å². The number of aliphatic hydroxyl groups is 1. The van der Waals surface area contributed by atoms with Crippen LogP contribution in [0.15, 0.2) is 228 Å². The summed E-state index contributed by atoms with van der Waals surface area (Å²) in [6.07, 6.45) is -0.0633. The van der Waals surface area contributed by atoms with Crippen LogP contribution in [0.4, 0.5) is 4.39 Å². The molecule has 3 nitrogen and oxygen atoms in total. The SMILES string of the molecule is CC(C)(C)[O-].CC(C)O.CC(C)Oc1ccc(SC(c2ccccc2)(c2ccccc2)c2ccccc2)c(Cl)c1.Fc1ccc(SC(c2ccccc2)(c2ccccc2)c2ccccc2)c(Cl)c1.[Na+]. The van der Waals surface area contributed by atoms with Crippen LogP contribution in [-0.2, 0) is 9.49 Å². The second-order valence-corrected chi connectivity index (χ2v) is 20.6. The molecule has 0 radical (unpaired) electrons. The molecule has 0 aliphatic carbocycles. The zero-order valence-corrected chi connectivity index (χ0v) is 45.8. The average molecular weight is 1010 g/mol. The number of aliphatic hydroxyl groups excluding tert-OH is 1. The van der Waals surface area contributed by atoms with Gasteiger partial charge in [-0.05, 0) is 97.5 Å². The Kier molecular flexibility index (Phi) is 23.2. The summed E-state index contributed by atoms with van der Waals surface area (Å²) in [4.78, 5) is 1.84. The Bertz CT molecular complexity index is 2490. The van der Waals surface area contributed by atoms with Crippen LogP contribution in [0, 0.1) is 5.82 Å². The number of thioether (sulfide) groups is 2. The summed E-state index contributed by atoms with van der Waals surface area (Å²) in [6.45, 7) is 12.4. The largest absolute Gasteiger partial charge is 1.00 e. The van der Waals surface area contributed by atoms with Gasteiger partial charge < -0.3 is 14.9 Å². The predicted octanol–water partition coefficient (Wildman–Crippen LogP) is 13.3. The molecule has 8 aromatic carbocycles. The molecule has 1 N–H and O–H groups in total. The minimum absolute atomic E-state index is 0. The van der Waals surface area contributed by atoms with Gasteiger partial charge in [0.1, 0.15) is 11.6 Å². The van der Waals surface area contributed by atoms with Crippen LogP contribution < -0.4 is 39.4 Å². The number of benzene rings is 8. The summed E-state index contributed by atoms with van der Waals surface area (Å²) < 4.78 is 18.5. The minimum atomic E-state index is -0.750. The van der Waals surface area contributed by atoms with E-state index in [1.54, 1.807) is 64.2 Å².